The monoisotopic (exact) mass is 241 g/mol. The molecule has 6 heteroatoms. The van der Waals surface area contributed by atoms with Crippen LogP contribution in [0.4, 0.5) is 0 Å². The van der Waals surface area contributed by atoms with Gasteiger partial charge in [-0.2, -0.15) is 0 Å². The van der Waals surface area contributed by atoms with Gasteiger partial charge in [-0.25, -0.2) is 0 Å². The van der Waals surface area contributed by atoms with E-state index in [0.717, 1.165) is 0 Å². The molecule has 1 aromatic rings. The Morgan fingerprint density at radius 3 is 2.31 bits per heavy atom. The minimum atomic E-state index is -0.675. The lowest BCUT2D eigenvalue weighted by Crippen LogP contribution is -2.48. The zero-order valence-electron chi connectivity index (χ0n) is 8.66. The highest BCUT2D eigenvalue weighted by molar-refractivity contribution is 6.30. The van der Waals surface area contributed by atoms with Crippen molar-refractivity contribution in [3.63, 3.8) is 0 Å². The number of benzene rings is 1. The second-order valence-electron chi connectivity index (χ2n) is 3.24. The molecule has 0 aliphatic heterocycles. The fourth-order valence-electron chi connectivity index (χ4n) is 0.906. The van der Waals surface area contributed by atoms with Crippen molar-refractivity contribution < 1.29 is 9.59 Å². The predicted octanol–water partition coefficient (Wildman–Crippen LogP) is 0.448. The maximum atomic E-state index is 11.5. The summed E-state index contributed by atoms with van der Waals surface area (Å²) in [7, 11) is 0. The van der Waals surface area contributed by atoms with Crippen molar-refractivity contribution in [1.29, 1.82) is 0 Å². The number of hydrogen-bond donors (Lipinski definition) is 3. The van der Waals surface area contributed by atoms with Crippen LogP contribution in [0.2, 0.25) is 5.02 Å². The van der Waals surface area contributed by atoms with Gasteiger partial charge in [-0.3, -0.25) is 20.4 Å². The van der Waals surface area contributed by atoms with Crippen molar-refractivity contribution in [3.05, 3.63) is 34.9 Å². The molecule has 0 radical (unpaired) electrons. The molecular weight excluding hydrogens is 230 g/mol. The summed E-state index contributed by atoms with van der Waals surface area (Å²) in [6, 6.07) is 5.60. The van der Waals surface area contributed by atoms with Crippen LogP contribution >= 0.6 is 11.6 Å². The van der Waals surface area contributed by atoms with Crippen molar-refractivity contribution in [1.82, 2.24) is 10.9 Å². The fraction of sp³-hybridized carbons (Fsp3) is 0.200. The largest absolute Gasteiger partial charge is 0.320 e. The number of nitrogens with two attached hydrogens (primary N) is 1. The summed E-state index contributed by atoms with van der Waals surface area (Å²) in [6.45, 7) is 1.52. The Morgan fingerprint density at radius 1 is 1.25 bits per heavy atom. The number of hydrogen-bond acceptors (Lipinski definition) is 3. The smallest absolute Gasteiger partial charge is 0.269 e. The van der Waals surface area contributed by atoms with Crippen LogP contribution in [-0.2, 0) is 4.79 Å². The first kappa shape index (κ1) is 12.5. The van der Waals surface area contributed by atoms with E-state index in [1.54, 1.807) is 24.3 Å². The SMILES string of the molecule is CC(N)C(=O)NNC(=O)c1ccc(Cl)cc1. The third kappa shape index (κ3) is 3.52. The molecule has 0 aliphatic carbocycles. The van der Waals surface area contributed by atoms with Gasteiger partial charge < -0.3 is 5.73 Å². The van der Waals surface area contributed by atoms with Gasteiger partial charge in [0.25, 0.3) is 11.8 Å². The molecular formula is C10H12ClN3O2. The molecule has 16 heavy (non-hydrogen) atoms. The predicted molar refractivity (Wildman–Crippen MR) is 60.7 cm³/mol. The molecule has 0 aliphatic rings. The van der Waals surface area contributed by atoms with Gasteiger partial charge in [0, 0.05) is 10.6 Å². The summed E-state index contributed by atoms with van der Waals surface area (Å²) in [4.78, 5) is 22.5. The molecule has 0 fully saturated rings. The second kappa shape index (κ2) is 5.48. The molecule has 1 aromatic carbocycles. The van der Waals surface area contributed by atoms with E-state index in [4.69, 9.17) is 17.3 Å². The van der Waals surface area contributed by atoms with E-state index in [9.17, 15) is 9.59 Å². The number of hydrazine groups is 1. The Labute approximate surface area is 97.9 Å². The third-order valence-electron chi connectivity index (χ3n) is 1.82. The van der Waals surface area contributed by atoms with Crippen LogP contribution in [0.15, 0.2) is 24.3 Å². The highest BCUT2D eigenvalue weighted by Gasteiger charge is 2.09. The molecule has 1 atom stereocenters. The molecule has 0 heterocycles. The summed E-state index contributed by atoms with van der Waals surface area (Å²) in [5.41, 5.74) is 10.1. The molecule has 4 N–H and O–H groups in total. The van der Waals surface area contributed by atoms with E-state index < -0.39 is 17.9 Å². The average Bonchev–Trinajstić information content (AvgIpc) is 2.26. The molecule has 86 valence electrons. The van der Waals surface area contributed by atoms with Gasteiger partial charge in [-0.15, -0.1) is 0 Å². The highest BCUT2D eigenvalue weighted by atomic mass is 35.5. The van der Waals surface area contributed by atoms with Crippen LogP contribution in [0, 0.1) is 0 Å². The van der Waals surface area contributed by atoms with Gasteiger partial charge in [0.05, 0.1) is 6.04 Å². The van der Waals surface area contributed by atoms with Gasteiger partial charge in [0.2, 0.25) is 0 Å². The summed E-state index contributed by atoms with van der Waals surface area (Å²) in [5, 5.41) is 0.538. The van der Waals surface area contributed by atoms with Crippen LogP contribution < -0.4 is 16.6 Å². The third-order valence-corrected chi connectivity index (χ3v) is 2.07. The normalized spacial score (nSPS) is 11.7. The molecule has 0 saturated carbocycles. The van der Waals surface area contributed by atoms with E-state index in [1.165, 1.54) is 6.92 Å². The van der Waals surface area contributed by atoms with Gasteiger partial charge in [-0.05, 0) is 31.2 Å². The fourth-order valence-corrected chi connectivity index (χ4v) is 1.03. The minimum absolute atomic E-state index is 0.398. The standard InChI is InChI=1S/C10H12ClN3O2/c1-6(12)9(15)13-14-10(16)7-2-4-8(11)5-3-7/h2-6H,12H2,1H3,(H,13,15)(H,14,16). The first-order valence-corrected chi connectivity index (χ1v) is 5.00. The number of carbonyl (C=O) groups excluding carboxylic acids is 2. The molecule has 0 bridgehead atoms. The lowest BCUT2D eigenvalue weighted by Gasteiger charge is -2.09. The van der Waals surface area contributed by atoms with Crippen LogP contribution in [0.5, 0.6) is 0 Å². The molecule has 0 aromatic heterocycles. The van der Waals surface area contributed by atoms with Crippen LogP contribution in [0.25, 0.3) is 0 Å². The van der Waals surface area contributed by atoms with Gasteiger partial charge in [0.15, 0.2) is 0 Å². The lowest BCUT2D eigenvalue weighted by atomic mass is 10.2. The van der Waals surface area contributed by atoms with E-state index in [-0.39, 0.29) is 0 Å². The molecule has 0 spiro atoms. The Bertz CT molecular complexity index is 390. The van der Waals surface area contributed by atoms with Crippen molar-refractivity contribution in [3.8, 4) is 0 Å². The van der Waals surface area contributed by atoms with Crippen molar-refractivity contribution >= 4 is 23.4 Å². The summed E-state index contributed by atoms with van der Waals surface area (Å²) in [6.07, 6.45) is 0. The molecule has 0 saturated heterocycles. The van der Waals surface area contributed by atoms with Crippen LogP contribution in [0.1, 0.15) is 17.3 Å². The Balaban J connectivity index is 2.53. The number of nitrogens with one attached hydrogen (secondary N) is 2. The minimum Gasteiger partial charge on any atom is -0.320 e. The summed E-state index contributed by atoms with van der Waals surface area (Å²) < 4.78 is 0. The lowest BCUT2D eigenvalue weighted by molar-refractivity contribution is -0.122. The van der Waals surface area contributed by atoms with E-state index in [0.29, 0.717) is 10.6 Å². The molecule has 1 unspecified atom stereocenters. The molecule has 2 amide bonds. The zero-order chi connectivity index (χ0) is 12.1. The average molecular weight is 242 g/mol. The quantitative estimate of drug-likeness (QED) is 0.658. The van der Waals surface area contributed by atoms with Crippen molar-refractivity contribution in [2.24, 2.45) is 5.73 Å². The van der Waals surface area contributed by atoms with Gasteiger partial charge in [-0.1, -0.05) is 11.6 Å². The number of halogens is 1. The summed E-state index contributed by atoms with van der Waals surface area (Å²) in [5.74, 6) is -0.881. The Kier molecular flexibility index (Phi) is 4.28. The Morgan fingerprint density at radius 2 is 1.81 bits per heavy atom. The maximum Gasteiger partial charge on any atom is 0.269 e. The van der Waals surface area contributed by atoms with E-state index in [2.05, 4.69) is 10.9 Å². The van der Waals surface area contributed by atoms with Crippen molar-refractivity contribution in [2.75, 3.05) is 0 Å². The zero-order valence-corrected chi connectivity index (χ0v) is 9.41. The molecule has 1 rings (SSSR count). The number of amides is 2. The second-order valence-corrected chi connectivity index (χ2v) is 3.68. The van der Waals surface area contributed by atoms with E-state index in [1.807, 2.05) is 0 Å². The topological polar surface area (TPSA) is 84.2 Å². The number of rotatable bonds is 2. The summed E-state index contributed by atoms with van der Waals surface area (Å²) >= 11 is 5.67. The van der Waals surface area contributed by atoms with Crippen molar-refractivity contribution in [2.45, 2.75) is 13.0 Å². The highest BCUT2D eigenvalue weighted by Crippen LogP contribution is 2.08. The van der Waals surface area contributed by atoms with Gasteiger partial charge >= 0.3 is 0 Å². The van der Waals surface area contributed by atoms with Gasteiger partial charge in [0.1, 0.15) is 0 Å². The van der Waals surface area contributed by atoms with Crippen LogP contribution in [-0.4, -0.2) is 17.9 Å². The Hall–Kier alpha value is -1.59. The number of carbonyl (C=O) groups is 2. The first-order valence-electron chi connectivity index (χ1n) is 4.62. The molecule has 5 nitrogen and oxygen atoms in total. The van der Waals surface area contributed by atoms with Crippen LogP contribution in [0.3, 0.4) is 0 Å². The first-order chi connectivity index (χ1) is 7.50. The van der Waals surface area contributed by atoms with E-state index >= 15 is 0 Å². The maximum absolute atomic E-state index is 11.5.